The topological polar surface area (TPSA) is 65.5 Å². The molecule has 1 aliphatic heterocycles. The van der Waals surface area contributed by atoms with E-state index >= 15 is 0 Å². The molecular formula is C17H21N3O2S. The molecule has 1 amide bonds. The molecule has 2 heterocycles. The molecule has 1 saturated heterocycles. The van der Waals surface area contributed by atoms with Gasteiger partial charge in [0.2, 0.25) is 5.91 Å². The van der Waals surface area contributed by atoms with E-state index in [9.17, 15) is 9.90 Å². The first-order valence-electron chi connectivity index (χ1n) is 7.87. The third-order valence-corrected chi connectivity index (χ3v) is 4.73. The summed E-state index contributed by atoms with van der Waals surface area (Å²) in [7, 11) is 0. The Labute approximate surface area is 140 Å². The lowest BCUT2D eigenvalue weighted by Crippen LogP contribution is -2.37. The number of aromatic nitrogens is 1. The third kappa shape index (κ3) is 4.86. The van der Waals surface area contributed by atoms with Gasteiger partial charge >= 0.3 is 0 Å². The van der Waals surface area contributed by atoms with Gasteiger partial charge in [-0.3, -0.25) is 9.69 Å². The summed E-state index contributed by atoms with van der Waals surface area (Å²) in [6.45, 7) is 2.45. The summed E-state index contributed by atoms with van der Waals surface area (Å²) in [5.41, 5.74) is 1.78. The van der Waals surface area contributed by atoms with Crippen molar-refractivity contribution >= 4 is 22.9 Å². The Morgan fingerprint density at radius 2 is 2.22 bits per heavy atom. The van der Waals surface area contributed by atoms with Crippen molar-refractivity contribution in [1.82, 2.24) is 9.88 Å². The number of piperidine rings is 1. The minimum atomic E-state index is -0.224. The number of aliphatic hydroxyl groups excluding tert-OH is 1. The number of aliphatic hydroxyl groups is 1. The standard InChI is InChI=1S/C17H21N3O2S/c21-15-7-4-8-20(11-15)10-14-12-23-17(19-14)9-16(22)18-13-5-2-1-3-6-13/h1-3,5-6,12,15,21H,4,7-11H2,(H,18,22)/t15-/m0/s1. The molecule has 0 bridgehead atoms. The van der Waals surface area contributed by atoms with Gasteiger partial charge in [-0.2, -0.15) is 0 Å². The van der Waals surface area contributed by atoms with Crippen LogP contribution in [0.15, 0.2) is 35.7 Å². The maximum absolute atomic E-state index is 12.0. The van der Waals surface area contributed by atoms with Crippen molar-refractivity contribution in [2.45, 2.75) is 31.9 Å². The van der Waals surface area contributed by atoms with Gasteiger partial charge in [-0.25, -0.2) is 4.98 Å². The number of carbonyl (C=O) groups is 1. The fourth-order valence-corrected chi connectivity index (χ4v) is 3.55. The first kappa shape index (κ1) is 16.1. The quantitative estimate of drug-likeness (QED) is 0.882. The minimum absolute atomic E-state index is 0.0505. The van der Waals surface area contributed by atoms with Crippen LogP contribution in [0.5, 0.6) is 0 Å². The van der Waals surface area contributed by atoms with Crippen LogP contribution in [0.3, 0.4) is 0 Å². The summed E-state index contributed by atoms with van der Waals surface area (Å²) in [5.74, 6) is -0.0505. The van der Waals surface area contributed by atoms with E-state index in [4.69, 9.17) is 0 Å². The second kappa shape index (κ2) is 7.68. The van der Waals surface area contributed by atoms with Crippen LogP contribution in [0.4, 0.5) is 5.69 Å². The number of nitrogens with zero attached hydrogens (tertiary/aromatic N) is 2. The lowest BCUT2D eigenvalue weighted by molar-refractivity contribution is -0.115. The van der Waals surface area contributed by atoms with Gasteiger partial charge in [0.25, 0.3) is 0 Å². The second-order valence-electron chi connectivity index (χ2n) is 5.85. The number of likely N-dealkylation sites (tertiary alicyclic amines) is 1. The van der Waals surface area contributed by atoms with Crippen LogP contribution in [-0.4, -0.2) is 40.1 Å². The summed E-state index contributed by atoms with van der Waals surface area (Å²) in [4.78, 5) is 18.8. The molecule has 1 aromatic carbocycles. The lowest BCUT2D eigenvalue weighted by Gasteiger charge is -2.29. The van der Waals surface area contributed by atoms with Gasteiger partial charge in [0.05, 0.1) is 18.2 Å². The Morgan fingerprint density at radius 1 is 1.39 bits per heavy atom. The fraction of sp³-hybridized carbons (Fsp3) is 0.412. The number of β-amino-alcohol motifs (C(OH)–C–C–N with tert-alkyl or cyclic N) is 1. The Kier molecular flexibility index (Phi) is 5.38. The van der Waals surface area contributed by atoms with Gasteiger partial charge in [0, 0.05) is 24.2 Å². The Bertz CT molecular complexity index is 644. The number of hydrogen-bond donors (Lipinski definition) is 2. The summed E-state index contributed by atoms with van der Waals surface area (Å²) in [6.07, 6.45) is 1.98. The molecule has 0 unspecified atom stereocenters. The predicted octanol–water partition coefficient (Wildman–Crippen LogP) is 2.28. The van der Waals surface area contributed by atoms with E-state index in [-0.39, 0.29) is 12.0 Å². The molecule has 6 heteroatoms. The molecule has 0 spiro atoms. The zero-order valence-electron chi connectivity index (χ0n) is 12.9. The number of anilines is 1. The largest absolute Gasteiger partial charge is 0.392 e. The average molecular weight is 331 g/mol. The first-order valence-corrected chi connectivity index (χ1v) is 8.75. The zero-order chi connectivity index (χ0) is 16.1. The van der Waals surface area contributed by atoms with Crippen molar-refractivity contribution in [3.8, 4) is 0 Å². The van der Waals surface area contributed by atoms with Crippen LogP contribution in [0.1, 0.15) is 23.5 Å². The number of carbonyl (C=O) groups excluding carboxylic acids is 1. The average Bonchev–Trinajstić information content (AvgIpc) is 2.95. The highest BCUT2D eigenvalue weighted by Gasteiger charge is 2.18. The van der Waals surface area contributed by atoms with E-state index in [1.54, 1.807) is 0 Å². The van der Waals surface area contributed by atoms with Crippen LogP contribution in [0.25, 0.3) is 0 Å². The minimum Gasteiger partial charge on any atom is -0.392 e. The number of para-hydroxylation sites is 1. The maximum Gasteiger partial charge on any atom is 0.231 e. The first-order chi connectivity index (χ1) is 11.2. The van der Waals surface area contributed by atoms with E-state index in [0.29, 0.717) is 13.0 Å². The van der Waals surface area contributed by atoms with Gasteiger partial charge in [0.15, 0.2) is 0 Å². The van der Waals surface area contributed by atoms with Crippen molar-refractivity contribution in [2.24, 2.45) is 0 Å². The van der Waals surface area contributed by atoms with Crippen LogP contribution < -0.4 is 5.32 Å². The number of nitrogens with one attached hydrogen (secondary N) is 1. The molecular weight excluding hydrogens is 310 g/mol. The summed E-state index contributed by atoms with van der Waals surface area (Å²) in [5, 5.41) is 15.4. The Balaban J connectivity index is 1.51. The molecule has 3 rings (SSSR count). The smallest absolute Gasteiger partial charge is 0.231 e. The van der Waals surface area contributed by atoms with Crippen molar-refractivity contribution < 1.29 is 9.90 Å². The summed E-state index contributed by atoms with van der Waals surface area (Å²) < 4.78 is 0. The van der Waals surface area contributed by atoms with Gasteiger partial charge in [-0.1, -0.05) is 18.2 Å². The maximum atomic E-state index is 12.0. The number of rotatable bonds is 5. The zero-order valence-corrected chi connectivity index (χ0v) is 13.8. The lowest BCUT2D eigenvalue weighted by atomic mass is 10.1. The molecule has 1 aromatic heterocycles. The van der Waals surface area contributed by atoms with E-state index in [1.807, 2.05) is 35.7 Å². The van der Waals surface area contributed by atoms with Crippen molar-refractivity contribution in [1.29, 1.82) is 0 Å². The van der Waals surface area contributed by atoms with Gasteiger partial charge in [-0.05, 0) is 31.5 Å². The molecule has 2 aromatic rings. The molecule has 5 nitrogen and oxygen atoms in total. The highest BCUT2D eigenvalue weighted by molar-refractivity contribution is 7.09. The molecule has 23 heavy (non-hydrogen) atoms. The number of hydrogen-bond acceptors (Lipinski definition) is 5. The van der Waals surface area contributed by atoms with Gasteiger partial charge < -0.3 is 10.4 Å². The van der Waals surface area contributed by atoms with Crippen LogP contribution >= 0.6 is 11.3 Å². The highest BCUT2D eigenvalue weighted by atomic mass is 32.1. The SMILES string of the molecule is O=C(Cc1nc(CN2CCC[C@H](O)C2)cs1)Nc1ccccc1. The monoisotopic (exact) mass is 331 g/mol. The molecule has 1 atom stereocenters. The molecule has 1 fully saturated rings. The van der Waals surface area contributed by atoms with E-state index in [1.165, 1.54) is 11.3 Å². The van der Waals surface area contributed by atoms with Gasteiger partial charge in [0.1, 0.15) is 5.01 Å². The normalized spacial score (nSPS) is 18.7. The molecule has 122 valence electrons. The number of amides is 1. The summed E-state index contributed by atoms with van der Waals surface area (Å²) in [6, 6.07) is 9.44. The van der Waals surface area contributed by atoms with E-state index < -0.39 is 0 Å². The van der Waals surface area contributed by atoms with Crippen LogP contribution in [0.2, 0.25) is 0 Å². The Morgan fingerprint density at radius 3 is 3.00 bits per heavy atom. The number of thiazole rings is 1. The van der Waals surface area contributed by atoms with E-state index in [2.05, 4.69) is 15.2 Å². The van der Waals surface area contributed by atoms with Gasteiger partial charge in [-0.15, -0.1) is 11.3 Å². The fourth-order valence-electron chi connectivity index (χ4n) is 2.77. The number of benzene rings is 1. The Hall–Kier alpha value is -1.76. The van der Waals surface area contributed by atoms with Crippen LogP contribution in [0, 0.1) is 0 Å². The predicted molar refractivity (Wildman–Crippen MR) is 91.4 cm³/mol. The molecule has 2 N–H and O–H groups in total. The molecule has 0 radical (unpaired) electrons. The molecule has 1 aliphatic rings. The van der Waals surface area contributed by atoms with Crippen molar-refractivity contribution in [2.75, 3.05) is 18.4 Å². The molecule has 0 aliphatic carbocycles. The highest BCUT2D eigenvalue weighted by Crippen LogP contribution is 2.17. The summed E-state index contributed by atoms with van der Waals surface area (Å²) >= 11 is 1.52. The third-order valence-electron chi connectivity index (χ3n) is 3.83. The van der Waals surface area contributed by atoms with Crippen LogP contribution in [-0.2, 0) is 17.8 Å². The van der Waals surface area contributed by atoms with Crippen molar-refractivity contribution in [3.63, 3.8) is 0 Å². The van der Waals surface area contributed by atoms with E-state index in [0.717, 1.165) is 42.3 Å². The molecule has 0 saturated carbocycles. The van der Waals surface area contributed by atoms with Crippen molar-refractivity contribution in [3.05, 3.63) is 46.4 Å². The second-order valence-corrected chi connectivity index (χ2v) is 6.80.